The van der Waals surface area contributed by atoms with Gasteiger partial charge in [-0.2, -0.15) is 0 Å². The number of benzene rings is 2. The van der Waals surface area contributed by atoms with Crippen molar-refractivity contribution in [2.75, 3.05) is 10.5 Å². The lowest BCUT2D eigenvalue weighted by molar-refractivity contribution is 0.477. The average Bonchev–Trinajstić information content (AvgIpc) is 2.38. The molecule has 0 atom stereocenters. The second-order valence-electron chi connectivity index (χ2n) is 3.93. The van der Waals surface area contributed by atoms with Crippen molar-refractivity contribution in [2.24, 2.45) is 0 Å². The second kappa shape index (κ2) is 4.97. The summed E-state index contributed by atoms with van der Waals surface area (Å²) in [7, 11) is -4.14. The van der Waals surface area contributed by atoms with Gasteiger partial charge in [0, 0.05) is 0 Å². The molecule has 0 aromatic heterocycles. The Balaban J connectivity index is 2.41. The molecule has 0 amide bonds. The molecule has 0 aliphatic heterocycles. The Morgan fingerprint density at radius 1 is 1.15 bits per heavy atom. The highest BCUT2D eigenvalue weighted by molar-refractivity contribution is 7.92. The highest BCUT2D eigenvalue weighted by atomic mass is 32.2. The molecule has 0 unspecified atom stereocenters. The van der Waals surface area contributed by atoms with Gasteiger partial charge < -0.3 is 10.8 Å². The van der Waals surface area contributed by atoms with E-state index in [0.29, 0.717) is 0 Å². The summed E-state index contributed by atoms with van der Waals surface area (Å²) in [5.41, 5.74) is 4.73. The molecular weight excluding hydrogens is 290 g/mol. The van der Waals surface area contributed by atoms with E-state index in [-0.39, 0.29) is 16.3 Å². The minimum Gasteiger partial charge on any atom is -0.506 e. The van der Waals surface area contributed by atoms with E-state index in [2.05, 4.69) is 0 Å². The molecule has 0 heterocycles. The maximum atomic E-state index is 13.4. The van der Waals surface area contributed by atoms with E-state index in [1.54, 1.807) is 0 Å². The third-order valence-corrected chi connectivity index (χ3v) is 3.87. The van der Waals surface area contributed by atoms with Crippen molar-refractivity contribution in [3.63, 3.8) is 0 Å². The lowest BCUT2D eigenvalue weighted by Gasteiger charge is -2.10. The van der Waals surface area contributed by atoms with Crippen LogP contribution in [0, 0.1) is 11.6 Å². The van der Waals surface area contributed by atoms with E-state index >= 15 is 0 Å². The van der Waals surface area contributed by atoms with Crippen LogP contribution >= 0.6 is 0 Å². The van der Waals surface area contributed by atoms with Gasteiger partial charge in [0.15, 0.2) is 11.6 Å². The van der Waals surface area contributed by atoms with Crippen molar-refractivity contribution in [1.82, 2.24) is 0 Å². The van der Waals surface area contributed by atoms with Crippen LogP contribution in [-0.2, 0) is 10.0 Å². The molecule has 0 spiro atoms. The zero-order chi connectivity index (χ0) is 14.9. The lowest BCUT2D eigenvalue weighted by Crippen LogP contribution is -2.14. The van der Waals surface area contributed by atoms with Crippen LogP contribution in [0.1, 0.15) is 0 Å². The van der Waals surface area contributed by atoms with E-state index < -0.39 is 27.3 Å². The van der Waals surface area contributed by atoms with Crippen LogP contribution in [0.25, 0.3) is 0 Å². The number of nitrogens with one attached hydrogen (secondary N) is 1. The van der Waals surface area contributed by atoms with Crippen molar-refractivity contribution in [3.8, 4) is 5.75 Å². The molecule has 0 saturated carbocycles. The Labute approximate surface area is 113 Å². The summed E-state index contributed by atoms with van der Waals surface area (Å²) >= 11 is 0. The van der Waals surface area contributed by atoms with Crippen LogP contribution in [0.5, 0.6) is 5.75 Å². The molecule has 0 radical (unpaired) electrons. The van der Waals surface area contributed by atoms with Crippen LogP contribution < -0.4 is 10.5 Å². The number of hydrogen-bond acceptors (Lipinski definition) is 4. The van der Waals surface area contributed by atoms with Gasteiger partial charge in [-0.25, -0.2) is 17.2 Å². The zero-order valence-corrected chi connectivity index (χ0v) is 10.8. The van der Waals surface area contributed by atoms with Crippen LogP contribution in [0.3, 0.4) is 0 Å². The third-order valence-electron chi connectivity index (χ3n) is 2.51. The van der Waals surface area contributed by atoms with Crippen LogP contribution in [-0.4, -0.2) is 13.5 Å². The molecule has 0 aliphatic rings. The first kappa shape index (κ1) is 14.1. The van der Waals surface area contributed by atoms with Gasteiger partial charge in [-0.15, -0.1) is 0 Å². The number of anilines is 2. The average molecular weight is 300 g/mol. The molecule has 5 nitrogen and oxygen atoms in total. The smallest absolute Gasteiger partial charge is 0.262 e. The van der Waals surface area contributed by atoms with E-state index in [0.717, 1.165) is 30.3 Å². The fraction of sp³-hybridized carbons (Fsp3) is 0. The maximum Gasteiger partial charge on any atom is 0.262 e. The zero-order valence-electron chi connectivity index (χ0n) is 9.97. The number of nitrogen functional groups attached to an aromatic ring is 1. The number of hydrogen-bond donors (Lipinski definition) is 3. The van der Waals surface area contributed by atoms with Crippen molar-refractivity contribution in [1.29, 1.82) is 0 Å². The normalized spacial score (nSPS) is 11.3. The SMILES string of the molecule is Nc1cc(S(=O)(=O)Nc2cccc(F)c2F)ccc1O. The van der Waals surface area contributed by atoms with Gasteiger partial charge in [0.2, 0.25) is 0 Å². The van der Waals surface area contributed by atoms with E-state index in [1.807, 2.05) is 4.72 Å². The number of phenols is 1. The fourth-order valence-electron chi connectivity index (χ4n) is 1.49. The highest BCUT2D eigenvalue weighted by Gasteiger charge is 2.18. The summed E-state index contributed by atoms with van der Waals surface area (Å²) in [4.78, 5) is -0.281. The Hall–Kier alpha value is -2.35. The van der Waals surface area contributed by atoms with E-state index in [4.69, 9.17) is 5.73 Å². The molecule has 0 fully saturated rings. The number of halogens is 2. The Kier molecular flexibility index (Phi) is 3.49. The van der Waals surface area contributed by atoms with Crippen molar-refractivity contribution < 1.29 is 22.3 Å². The molecule has 20 heavy (non-hydrogen) atoms. The predicted molar refractivity (Wildman–Crippen MR) is 69.7 cm³/mol. The molecule has 0 aliphatic carbocycles. The van der Waals surface area contributed by atoms with Crippen LogP contribution in [0.4, 0.5) is 20.2 Å². The molecule has 2 rings (SSSR count). The van der Waals surface area contributed by atoms with E-state index in [9.17, 15) is 22.3 Å². The molecule has 2 aromatic rings. The Bertz CT molecular complexity index is 763. The Morgan fingerprint density at radius 3 is 2.50 bits per heavy atom. The first-order valence-electron chi connectivity index (χ1n) is 5.36. The number of nitrogens with two attached hydrogens (primary N) is 1. The summed E-state index contributed by atoms with van der Waals surface area (Å²) in [6, 6.07) is 6.30. The van der Waals surface area contributed by atoms with Gasteiger partial charge in [0.25, 0.3) is 10.0 Å². The molecule has 0 saturated heterocycles. The first-order valence-corrected chi connectivity index (χ1v) is 6.85. The third kappa shape index (κ3) is 2.64. The number of aromatic hydroxyl groups is 1. The standard InChI is InChI=1S/C12H10F2N2O3S/c13-8-2-1-3-10(12(8)14)16-20(18,19)7-4-5-11(17)9(15)6-7/h1-6,16-17H,15H2. The minimum absolute atomic E-state index is 0.146. The first-order chi connectivity index (χ1) is 9.31. The summed E-state index contributed by atoms with van der Waals surface area (Å²) in [6.07, 6.45) is 0. The van der Waals surface area contributed by atoms with Crippen molar-refractivity contribution in [3.05, 3.63) is 48.0 Å². The van der Waals surface area contributed by atoms with E-state index in [1.165, 1.54) is 6.07 Å². The van der Waals surface area contributed by atoms with Crippen LogP contribution in [0.15, 0.2) is 41.3 Å². The summed E-state index contributed by atoms with van der Waals surface area (Å²) < 4.78 is 52.3. The van der Waals surface area contributed by atoms with Gasteiger partial charge in [-0.1, -0.05) is 6.07 Å². The molecule has 106 valence electrons. The van der Waals surface area contributed by atoms with Gasteiger partial charge in [0.1, 0.15) is 5.75 Å². The van der Waals surface area contributed by atoms with Gasteiger partial charge >= 0.3 is 0 Å². The number of phenolic OH excluding ortho intramolecular Hbond substituents is 1. The van der Waals surface area contributed by atoms with Crippen molar-refractivity contribution in [2.45, 2.75) is 4.90 Å². The quantitative estimate of drug-likeness (QED) is 0.597. The second-order valence-corrected chi connectivity index (χ2v) is 5.61. The molecule has 0 bridgehead atoms. The minimum atomic E-state index is -4.14. The maximum absolute atomic E-state index is 13.4. The largest absolute Gasteiger partial charge is 0.506 e. The molecule has 8 heteroatoms. The predicted octanol–water partition coefficient (Wildman–Crippen LogP) is 2.05. The molecule has 2 aromatic carbocycles. The monoisotopic (exact) mass is 300 g/mol. The number of rotatable bonds is 3. The Morgan fingerprint density at radius 2 is 1.85 bits per heavy atom. The number of sulfonamides is 1. The van der Waals surface area contributed by atoms with Crippen molar-refractivity contribution >= 4 is 21.4 Å². The lowest BCUT2D eigenvalue weighted by atomic mass is 10.3. The van der Waals surface area contributed by atoms with Gasteiger partial charge in [-0.05, 0) is 30.3 Å². The summed E-state index contributed by atoms with van der Waals surface area (Å²) in [5, 5.41) is 9.23. The topological polar surface area (TPSA) is 92.4 Å². The van der Waals surface area contributed by atoms with Gasteiger partial charge in [-0.3, -0.25) is 4.72 Å². The summed E-state index contributed by atoms with van der Waals surface area (Å²) in [6.45, 7) is 0. The molecule has 4 N–H and O–H groups in total. The van der Waals surface area contributed by atoms with Crippen LogP contribution in [0.2, 0.25) is 0 Å². The molecular formula is C12H10F2N2O3S. The summed E-state index contributed by atoms with van der Waals surface area (Å²) in [5.74, 6) is -2.75. The highest BCUT2D eigenvalue weighted by Crippen LogP contribution is 2.25. The fourth-order valence-corrected chi connectivity index (χ4v) is 2.58. The van der Waals surface area contributed by atoms with Gasteiger partial charge in [0.05, 0.1) is 16.3 Å².